The molecule has 0 saturated carbocycles. The molecule has 12 heavy (non-hydrogen) atoms. The van der Waals surface area contributed by atoms with E-state index < -0.39 is 5.97 Å². The molecule has 70 valence electrons. The molecule has 1 unspecified atom stereocenters. The summed E-state index contributed by atoms with van der Waals surface area (Å²) in [4.78, 5) is 12.6. The van der Waals surface area contributed by atoms with E-state index in [9.17, 15) is 4.79 Å². The summed E-state index contributed by atoms with van der Waals surface area (Å²) in [6.07, 6.45) is 1.34. The van der Waals surface area contributed by atoms with Crippen LogP contribution in [-0.2, 0) is 4.79 Å². The fraction of sp³-hybridized carbons (Fsp3) is 0.875. The maximum absolute atomic E-state index is 10.5. The van der Waals surface area contributed by atoms with Gasteiger partial charge in [-0.05, 0) is 26.6 Å². The van der Waals surface area contributed by atoms with Crippen LogP contribution >= 0.6 is 0 Å². The Kier molecular flexibility index (Phi) is 3.49. The lowest BCUT2D eigenvalue weighted by atomic mass is 10.2. The van der Waals surface area contributed by atoms with Crippen LogP contribution in [0.4, 0.5) is 0 Å². The van der Waals surface area contributed by atoms with Gasteiger partial charge in [-0.2, -0.15) is 0 Å². The van der Waals surface area contributed by atoms with Crippen LogP contribution in [0.25, 0.3) is 0 Å². The van der Waals surface area contributed by atoms with Crippen LogP contribution in [0.5, 0.6) is 0 Å². The lowest BCUT2D eigenvalue weighted by molar-refractivity contribution is -0.138. The topological polar surface area (TPSA) is 52.6 Å². The highest BCUT2D eigenvalue weighted by atomic mass is 16.4. The van der Waals surface area contributed by atoms with Crippen molar-refractivity contribution in [2.75, 3.05) is 26.7 Å². The Morgan fingerprint density at radius 1 is 1.75 bits per heavy atom. The van der Waals surface area contributed by atoms with Crippen molar-refractivity contribution < 1.29 is 9.90 Å². The van der Waals surface area contributed by atoms with Crippen LogP contribution in [0.1, 0.15) is 12.8 Å². The highest BCUT2D eigenvalue weighted by Crippen LogP contribution is 2.04. The Balaban J connectivity index is 2.41. The second-order valence-corrected chi connectivity index (χ2v) is 3.29. The molecule has 0 aromatic heterocycles. The van der Waals surface area contributed by atoms with Gasteiger partial charge in [0.15, 0.2) is 0 Å². The van der Waals surface area contributed by atoms with Crippen LogP contribution in [0.15, 0.2) is 0 Å². The van der Waals surface area contributed by atoms with Gasteiger partial charge in [0.05, 0.1) is 6.42 Å². The summed E-state index contributed by atoms with van der Waals surface area (Å²) >= 11 is 0. The molecular weight excluding hydrogens is 156 g/mol. The highest BCUT2D eigenvalue weighted by molar-refractivity contribution is 5.67. The van der Waals surface area contributed by atoms with E-state index in [1.54, 1.807) is 0 Å². The van der Waals surface area contributed by atoms with Crippen molar-refractivity contribution in [1.82, 2.24) is 10.2 Å². The number of carbonyl (C=O) groups is 1. The zero-order valence-electron chi connectivity index (χ0n) is 7.42. The zero-order valence-corrected chi connectivity index (χ0v) is 7.42. The van der Waals surface area contributed by atoms with E-state index in [-0.39, 0.29) is 12.5 Å². The average molecular weight is 172 g/mol. The van der Waals surface area contributed by atoms with Gasteiger partial charge in [0, 0.05) is 12.6 Å². The molecule has 1 heterocycles. The van der Waals surface area contributed by atoms with E-state index in [1.807, 2.05) is 7.05 Å². The Bertz CT molecular complexity index is 161. The predicted octanol–water partition coefficient (Wildman–Crippen LogP) is -0.245. The number of hydrogen-bond acceptors (Lipinski definition) is 3. The van der Waals surface area contributed by atoms with Gasteiger partial charge >= 0.3 is 5.97 Å². The number of nitrogens with one attached hydrogen (secondary N) is 1. The quantitative estimate of drug-likeness (QED) is 0.603. The fourth-order valence-electron chi connectivity index (χ4n) is 1.49. The molecule has 0 radical (unpaired) electrons. The molecule has 0 spiro atoms. The first-order chi connectivity index (χ1) is 5.70. The number of carboxylic acid groups (broad SMARTS) is 1. The number of likely N-dealkylation sites (N-methyl/N-ethyl adjacent to an activating group) is 1. The first kappa shape index (κ1) is 9.48. The largest absolute Gasteiger partial charge is 0.481 e. The third-order valence-electron chi connectivity index (χ3n) is 2.28. The van der Waals surface area contributed by atoms with Crippen molar-refractivity contribution in [3.05, 3.63) is 0 Å². The number of rotatable bonds is 2. The SMILES string of the molecule is CN1CCCNCC1CC(=O)O. The lowest BCUT2D eigenvalue weighted by Crippen LogP contribution is -2.38. The van der Waals surface area contributed by atoms with Gasteiger partial charge in [-0.3, -0.25) is 4.79 Å². The molecule has 0 bridgehead atoms. The standard InChI is InChI=1S/C8H16N2O2/c1-10-4-2-3-9-6-7(10)5-8(11)12/h7,9H,2-6H2,1H3,(H,11,12). The molecule has 1 rings (SSSR count). The third-order valence-corrected chi connectivity index (χ3v) is 2.28. The molecule has 1 fully saturated rings. The molecule has 0 aromatic rings. The summed E-state index contributed by atoms with van der Waals surface area (Å²) < 4.78 is 0. The first-order valence-electron chi connectivity index (χ1n) is 4.33. The van der Waals surface area contributed by atoms with E-state index in [4.69, 9.17) is 5.11 Å². The lowest BCUT2D eigenvalue weighted by Gasteiger charge is -2.23. The number of nitrogens with zero attached hydrogens (tertiary/aromatic N) is 1. The van der Waals surface area contributed by atoms with Crippen LogP contribution < -0.4 is 5.32 Å². The molecule has 4 nitrogen and oxygen atoms in total. The van der Waals surface area contributed by atoms with Crippen molar-refractivity contribution in [2.45, 2.75) is 18.9 Å². The van der Waals surface area contributed by atoms with Gasteiger partial charge in [0.25, 0.3) is 0 Å². The normalized spacial score (nSPS) is 26.6. The Morgan fingerprint density at radius 3 is 3.17 bits per heavy atom. The number of aliphatic carboxylic acids is 1. The summed E-state index contributed by atoms with van der Waals surface area (Å²) in [7, 11) is 1.99. The smallest absolute Gasteiger partial charge is 0.304 e. The Hall–Kier alpha value is -0.610. The molecule has 0 aliphatic carbocycles. The second kappa shape index (κ2) is 4.42. The summed E-state index contributed by atoms with van der Waals surface area (Å²) in [6, 6.07) is 0.157. The van der Waals surface area contributed by atoms with E-state index in [0.29, 0.717) is 0 Å². The molecule has 0 aromatic carbocycles. The molecule has 4 heteroatoms. The minimum atomic E-state index is -0.712. The van der Waals surface area contributed by atoms with Crippen molar-refractivity contribution in [3.8, 4) is 0 Å². The monoisotopic (exact) mass is 172 g/mol. The molecule has 1 aliphatic heterocycles. The minimum absolute atomic E-state index is 0.157. The minimum Gasteiger partial charge on any atom is -0.481 e. The maximum Gasteiger partial charge on any atom is 0.304 e. The van der Waals surface area contributed by atoms with Crippen molar-refractivity contribution >= 4 is 5.97 Å². The molecule has 1 saturated heterocycles. The second-order valence-electron chi connectivity index (χ2n) is 3.29. The van der Waals surface area contributed by atoms with Gasteiger partial charge in [0.1, 0.15) is 0 Å². The molecule has 1 aliphatic rings. The van der Waals surface area contributed by atoms with Gasteiger partial charge in [-0.15, -0.1) is 0 Å². The Morgan fingerprint density at radius 2 is 2.50 bits per heavy atom. The van der Waals surface area contributed by atoms with Crippen molar-refractivity contribution in [3.63, 3.8) is 0 Å². The van der Waals surface area contributed by atoms with E-state index in [0.717, 1.165) is 26.1 Å². The summed E-state index contributed by atoms with van der Waals surface area (Å²) in [5, 5.41) is 11.8. The molecule has 1 atom stereocenters. The van der Waals surface area contributed by atoms with E-state index in [1.165, 1.54) is 0 Å². The van der Waals surface area contributed by atoms with Crippen molar-refractivity contribution in [1.29, 1.82) is 0 Å². The Labute approximate surface area is 72.6 Å². The summed E-state index contributed by atoms with van der Waals surface area (Å²) in [6.45, 7) is 2.79. The summed E-state index contributed by atoms with van der Waals surface area (Å²) in [5.74, 6) is -0.712. The average Bonchev–Trinajstić information content (AvgIpc) is 2.16. The van der Waals surface area contributed by atoms with E-state index >= 15 is 0 Å². The van der Waals surface area contributed by atoms with Crippen molar-refractivity contribution in [2.24, 2.45) is 0 Å². The van der Waals surface area contributed by atoms with Crippen LogP contribution in [0.3, 0.4) is 0 Å². The maximum atomic E-state index is 10.5. The van der Waals surface area contributed by atoms with Crippen LogP contribution in [0, 0.1) is 0 Å². The van der Waals surface area contributed by atoms with Gasteiger partial charge in [-0.1, -0.05) is 0 Å². The predicted molar refractivity (Wildman–Crippen MR) is 46.2 cm³/mol. The number of carboxylic acids is 1. The third kappa shape index (κ3) is 2.79. The molecule has 0 amide bonds. The van der Waals surface area contributed by atoms with Gasteiger partial charge in [0.2, 0.25) is 0 Å². The zero-order chi connectivity index (χ0) is 8.97. The van der Waals surface area contributed by atoms with E-state index in [2.05, 4.69) is 10.2 Å². The fourth-order valence-corrected chi connectivity index (χ4v) is 1.49. The van der Waals surface area contributed by atoms with Crippen LogP contribution in [0.2, 0.25) is 0 Å². The van der Waals surface area contributed by atoms with Gasteiger partial charge in [-0.25, -0.2) is 0 Å². The first-order valence-corrected chi connectivity index (χ1v) is 4.33. The van der Waals surface area contributed by atoms with Gasteiger partial charge < -0.3 is 15.3 Å². The number of hydrogen-bond donors (Lipinski definition) is 2. The van der Waals surface area contributed by atoms with Crippen LogP contribution in [-0.4, -0.2) is 48.7 Å². The molecular formula is C8H16N2O2. The summed E-state index contributed by atoms with van der Waals surface area (Å²) in [5.41, 5.74) is 0. The molecule has 2 N–H and O–H groups in total. The highest BCUT2D eigenvalue weighted by Gasteiger charge is 2.19.